The molecule has 0 aliphatic carbocycles. The summed E-state index contributed by atoms with van der Waals surface area (Å²) in [5.41, 5.74) is 2.17. The Morgan fingerprint density at radius 2 is 1.86 bits per heavy atom. The normalized spacial score (nSPS) is 10.5. The monoisotopic (exact) mass is 398 g/mol. The van der Waals surface area contributed by atoms with E-state index in [2.05, 4.69) is 4.98 Å². The summed E-state index contributed by atoms with van der Waals surface area (Å²) in [6.07, 6.45) is 0.776. The maximum absolute atomic E-state index is 13.7. The van der Waals surface area contributed by atoms with Crippen molar-refractivity contribution in [2.45, 2.75) is 26.9 Å². The summed E-state index contributed by atoms with van der Waals surface area (Å²) in [6.45, 7) is 3.39. The maximum atomic E-state index is 13.7. The highest BCUT2D eigenvalue weighted by atomic mass is 32.1. The van der Waals surface area contributed by atoms with Gasteiger partial charge in [-0.3, -0.25) is 9.69 Å². The van der Waals surface area contributed by atoms with Crippen molar-refractivity contribution in [3.8, 4) is 0 Å². The number of thiazole rings is 1. The van der Waals surface area contributed by atoms with Crippen LogP contribution in [0.5, 0.6) is 0 Å². The smallest absolute Gasteiger partial charge is 0.341 e. The van der Waals surface area contributed by atoms with Gasteiger partial charge in [-0.25, -0.2) is 14.2 Å². The number of aryl methyl sites for hydroxylation is 1. The Bertz CT molecular complexity index is 1000. The van der Waals surface area contributed by atoms with Crippen LogP contribution in [0, 0.1) is 5.82 Å². The van der Waals surface area contributed by atoms with Crippen LogP contribution in [0.1, 0.15) is 35.5 Å². The van der Waals surface area contributed by atoms with Crippen LogP contribution in [0.4, 0.5) is 15.2 Å². The average Bonchev–Trinajstić information content (AvgIpc) is 3.15. The molecule has 0 atom stereocenters. The molecule has 0 fully saturated rings. The zero-order chi connectivity index (χ0) is 20.1. The predicted octanol–water partition coefficient (Wildman–Crippen LogP) is 4.89. The fourth-order valence-corrected chi connectivity index (χ4v) is 3.61. The zero-order valence-electron chi connectivity index (χ0n) is 15.5. The standard InChI is InChI=1S/C21H19FN2O3S/c1-3-15-8-4-7-11-19(15)24(14(2)25)21-23-16(13-28-21)12-27-20(26)17-9-5-6-10-18(17)22/h4-11,13H,3,12H2,1-2H3. The van der Waals surface area contributed by atoms with Crippen LogP contribution in [0.15, 0.2) is 53.9 Å². The Morgan fingerprint density at radius 3 is 2.57 bits per heavy atom. The van der Waals surface area contributed by atoms with Crippen molar-refractivity contribution >= 4 is 34.0 Å². The number of anilines is 2. The number of hydrogen-bond acceptors (Lipinski definition) is 5. The lowest BCUT2D eigenvalue weighted by Gasteiger charge is -2.20. The SMILES string of the molecule is CCc1ccccc1N(C(C)=O)c1nc(COC(=O)c2ccccc2F)cs1. The van der Waals surface area contributed by atoms with Crippen molar-refractivity contribution in [3.05, 3.63) is 76.5 Å². The third kappa shape index (κ3) is 4.26. The summed E-state index contributed by atoms with van der Waals surface area (Å²) in [5.74, 6) is -1.55. The molecule has 2 aromatic carbocycles. The van der Waals surface area contributed by atoms with Gasteiger partial charge in [-0.05, 0) is 30.2 Å². The van der Waals surface area contributed by atoms with Crippen molar-refractivity contribution in [3.63, 3.8) is 0 Å². The Hall–Kier alpha value is -3.06. The van der Waals surface area contributed by atoms with Crippen LogP contribution in [0.2, 0.25) is 0 Å². The highest BCUT2D eigenvalue weighted by molar-refractivity contribution is 7.14. The number of para-hydroxylation sites is 1. The molecule has 0 unspecified atom stereocenters. The van der Waals surface area contributed by atoms with Gasteiger partial charge in [0, 0.05) is 12.3 Å². The van der Waals surface area contributed by atoms with E-state index in [0.29, 0.717) is 10.8 Å². The molecule has 0 radical (unpaired) electrons. The lowest BCUT2D eigenvalue weighted by atomic mass is 10.1. The van der Waals surface area contributed by atoms with Gasteiger partial charge < -0.3 is 4.74 Å². The quantitative estimate of drug-likeness (QED) is 0.555. The number of nitrogens with zero attached hydrogens (tertiary/aromatic N) is 2. The Labute approximate surface area is 166 Å². The van der Waals surface area contributed by atoms with Gasteiger partial charge in [0.25, 0.3) is 0 Å². The molecule has 3 rings (SSSR count). The van der Waals surface area contributed by atoms with Gasteiger partial charge in [0.1, 0.15) is 12.4 Å². The molecule has 0 aliphatic rings. The van der Waals surface area contributed by atoms with E-state index in [0.717, 1.165) is 17.7 Å². The molecule has 144 valence electrons. The zero-order valence-corrected chi connectivity index (χ0v) is 16.3. The second kappa shape index (κ2) is 8.75. The number of esters is 1. The Morgan fingerprint density at radius 1 is 1.14 bits per heavy atom. The minimum atomic E-state index is -0.757. The van der Waals surface area contributed by atoms with Crippen molar-refractivity contribution < 1.29 is 18.7 Å². The maximum Gasteiger partial charge on any atom is 0.341 e. The van der Waals surface area contributed by atoms with E-state index in [4.69, 9.17) is 4.74 Å². The number of hydrogen-bond donors (Lipinski definition) is 0. The van der Waals surface area contributed by atoms with Gasteiger partial charge in [-0.1, -0.05) is 37.3 Å². The number of amides is 1. The molecule has 0 saturated carbocycles. The molecule has 0 saturated heterocycles. The molecular formula is C21H19FN2O3S. The third-order valence-electron chi connectivity index (χ3n) is 4.10. The molecular weight excluding hydrogens is 379 g/mol. The molecule has 5 nitrogen and oxygen atoms in total. The first-order valence-corrected chi connectivity index (χ1v) is 9.64. The minimum Gasteiger partial charge on any atom is -0.455 e. The molecule has 28 heavy (non-hydrogen) atoms. The van der Waals surface area contributed by atoms with Crippen LogP contribution in [0.25, 0.3) is 0 Å². The summed E-state index contributed by atoms with van der Waals surface area (Å²) < 4.78 is 18.8. The van der Waals surface area contributed by atoms with E-state index in [1.165, 1.54) is 36.5 Å². The molecule has 1 aromatic heterocycles. The molecule has 0 bridgehead atoms. The van der Waals surface area contributed by atoms with E-state index in [1.807, 2.05) is 31.2 Å². The van der Waals surface area contributed by atoms with Gasteiger partial charge >= 0.3 is 5.97 Å². The fraction of sp³-hybridized carbons (Fsp3) is 0.190. The summed E-state index contributed by atoms with van der Waals surface area (Å²) >= 11 is 1.28. The van der Waals surface area contributed by atoms with Crippen LogP contribution in [-0.4, -0.2) is 16.9 Å². The van der Waals surface area contributed by atoms with Crippen molar-refractivity contribution in [1.82, 2.24) is 4.98 Å². The topological polar surface area (TPSA) is 59.5 Å². The first-order valence-electron chi connectivity index (χ1n) is 8.76. The molecule has 7 heteroatoms. The second-order valence-electron chi connectivity index (χ2n) is 6.01. The summed E-state index contributed by atoms with van der Waals surface area (Å²) in [6, 6.07) is 13.3. The molecule has 0 aliphatic heterocycles. The van der Waals surface area contributed by atoms with Gasteiger partial charge in [-0.2, -0.15) is 0 Å². The highest BCUT2D eigenvalue weighted by Crippen LogP contribution is 2.31. The van der Waals surface area contributed by atoms with Gasteiger partial charge in [0.15, 0.2) is 5.13 Å². The third-order valence-corrected chi connectivity index (χ3v) is 4.98. The van der Waals surface area contributed by atoms with Gasteiger partial charge in [0.2, 0.25) is 5.91 Å². The number of halogens is 1. The van der Waals surface area contributed by atoms with E-state index >= 15 is 0 Å². The number of rotatable bonds is 6. The Kier molecular flexibility index (Phi) is 6.16. The van der Waals surface area contributed by atoms with E-state index in [-0.39, 0.29) is 18.1 Å². The molecule has 3 aromatic rings. The summed E-state index contributed by atoms with van der Waals surface area (Å²) in [7, 11) is 0. The lowest BCUT2D eigenvalue weighted by Crippen LogP contribution is -2.23. The fourth-order valence-electron chi connectivity index (χ4n) is 2.74. The lowest BCUT2D eigenvalue weighted by molar-refractivity contribution is -0.115. The first-order chi connectivity index (χ1) is 13.5. The van der Waals surface area contributed by atoms with E-state index in [9.17, 15) is 14.0 Å². The minimum absolute atomic E-state index is 0.106. The largest absolute Gasteiger partial charge is 0.455 e. The molecule has 0 N–H and O–H groups in total. The van der Waals surface area contributed by atoms with Gasteiger partial charge in [-0.15, -0.1) is 11.3 Å². The molecule has 1 amide bonds. The van der Waals surface area contributed by atoms with E-state index in [1.54, 1.807) is 16.3 Å². The van der Waals surface area contributed by atoms with E-state index < -0.39 is 11.8 Å². The second-order valence-corrected chi connectivity index (χ2v) is 6.85. The molecule has 0 spiro atoms. The number of ether oxygens (including phenoxy) is 1. The molecule has 1 heterocycles. The van der Waals surface area contributed by atoms with Crippen molar-refractivity contribution in [2.24, 2.45) is 0 Å². The van der Waals surface area contributed by atoms with Gasteiger partial charge in [0.05, 0.1) is 16.9 Å². The summed E-state index contributed by atoms with van der Waals surface area (Å²) in [5, 5.41) is 2.21. The van der Waals surface area contributed by atoms with Crippen LogP contribution in [-0.2, 0) is 22.6 Å². The number of carbonyl (C=O) groups is 2. The number of aromatic nitrogens is 1. The number of benzene rings is 2. The highest BCUT2D eigenvalue weighted by Gasteiger charge is 2.20. The average molecular weight is 398 g/mol. The predicted molar refractivity (Wildman–Crippen MR) is 106 cm³/mol. The summed E-state index contributed by atoms with van der Waals surface area (Å²) in [4.78, 5) is 30.3. The first kappa shape index (κ1) is 19.7. The number of carbonyl (C=O) groups excluding carboxylic acids is 2. The van der Waals surface area contributed by atoms with Crippen molar-refractivity contribution in [2.75, 3.05) is 4.90 Å². The van der Waals surface area contributed by atoms with Crippen molar-refractivity contribution in [1.29, 1.82) is 0 Å². The Balaban J connectivity index is 1.77. The van der Waals surface area contributed by atoms with Crippen LogP contribution in [0.3, 0.4) is 0 Å². The van der Waals surface area contributed by atoms with Crippen LogP contribution < -0.4 is 4.90 Å². The van der Waals surface area contributed by atoms with Crippen LogP contribution >= 0.6 is 11.3 Å².